The van der Waals surface area contributed by atoms with Crippen molar-refractivity contribution in [1.82, 2.24) is 15.1 Å². The molecular weight excluding hydrogens is 354 g/mol. The maximum atomic E-state index is 12.5. The number of likely N-dealkylation sites (tertiary alicyclic amines) is 2. The molecule has 0 saturated carbocycles. The van der Waals surface area contributed by atoms with Gasteiger partial charge in [-0.15, -0.1) is 0 Å². The third-order valence-corrected chi connectivity index (χ3v) is 6.24. The van der Waals surface area contributed by atoms with E-state index in [1.807, 2.05) is 0 Å². The van der Waals surface area contributed by atoms with E-state index in [1.54, 1.807) is 0 Å². The number of nitrogens with zero attached hydrogens (tertiary/aromatic N) is 2. The lowest BCUT2D eigenvalue weighted by molar-refractivity contribution is -0.128. The first-order valence-corrected chi connectivity index (χ1v) is 10.7. The van der Waals surface area contributed by atoms with Gasteiger partial charge in [0.15, 0.2) is 0 Å². The van der Waals surface area contributed by atoms with E-state index in [1.165, 1.54) is 18.4 Å². The molecule has 3 N–H and O–H groups in total. The number of rotatable bonds is 8. The van der Waals surface area contributed by atoms with Gasteiger partial charge < -0.3 is 20.4 Å². The third-order valence-electron chi connectivity index (χ3n) is 6.24. The maximum absolute atomic E-state index is 12.5. The van der Waals surface area contributed by atoms with Gasteiger partial charge in [-0.1, -0.05) is 30.3 Å². The van der Waals surface area contributed by atoms with Crippen molar-refractivity contribution in [2.45, 2.75) is 44.2 Å². The van der Waals surface area contributed by atoms with Crippen LogP contribution in [0.3, 0.4) is 0 Å². The van der Waals surface area contributed by atoms with E-state index in [4.69, 9.17) is 0 Å². The van der Waals surface area contributed by atoms with Crippen LogP contribution >= 0.6 is 0 Å². The van der Waals surface area contributed by atoms with Crippen LogP contribution in [0.5, 0.6) is 0 Å². The van der Waals surface area contributed by atoms with Gasteiger partial charge in [-0.3, -0.25) is 9.69 Å². The highest BCUT2D eigenvalue weighted by atomic mass is 16.3. The number of aliphatic hydroxyl groups is 2. The zero-order valence-electron chi connectivity index (χ0n) is 16.8. The molecule has 0 bridgehead atoms. The molecule has 1 aromatic rings. The molecule has 2 aliphatic heterocycles. The van der Waals surface area contributed by atoms with Gasteiger partial charge >= 0.3 is 0 Å². The molecule has 0 unspecified atom stereocenters. The van der Waals surface area contributed by atoms with E-state index >= 15 is 0 Å². The zero-order chi connectivity index (χ0) is 19.8. The average Bonchev–Trinajstić information content (AvgIpc) is 2.77. The molecular formula is C22H35N3O3. The second kappa shape index (κ2) is 10.9. The number of hydrogen-bond acceptors (Lipinski definition) is 5. The van der Waals surface area contributed by atoms with Gasteiger partial charge in [0.1, 0.15) is 0 Å². The Morgan fingerprint density at radius 2 is 1.79 bits per heavy atom. The Bertz CT molecular complexity index is 586. The molecule has 2 aliphatic rings. The highest BCUT2D eigenvalue weighted by Gasteiger charge is 2.32. The number of amides is 1. The summed E-state index contributed by atoms with van der Waals surface area (Å²) in [4.78, 5) is 17.5. The van der Waals surface area contributed by atoms with Crippen molar-refractivity contribution in [2.75, 3.05) is 45.9 Å². The second-order valence-corrected chi connectivity index (χ2v) is 8.21. The minimum atomic E-state index is -0.546. The molecule has 6 nitrogen and oxygen atoms in total. The average molecular weight is 390 g/mol. The molecule has 28 heavy (non-hydrogen) atoms. The first kappa shape index (κ1) is 21.2. The smallest absolute Gasteiger partial charge is 0.224 e. The molecule has 2 saturated heterocycles. The molecule has 1 amide bonds. The number of nitrogens with one attached hydrogen (secondary N) is 1. The van der Waals surface area contributed by atoms with Crippen molar-refractivity contribution < 1.29 is 15.0 Å². The standard InChI is InChI=1S/C22H35N3O3/c26-16-20(17-27)23-22(28)19-7-4-11-25(15-19)21-9-13-24(14-10-21)12-8-18-5-2-1-3-6-18/h1-3,5-6,19-21,26-27H,4,7-17H2,(H,23,28)/t19-/m1/s1. The Morgan fingerprint density at radius 1 is 1.07 bits per heavy atom. The van der Waals surface area contributed by atoms with Gasteiger partial charge in [-0.2, -0.15) is 0 Å². The van der Waals surface area contributed by atoms with Crippen molar-refractivity contribution in [1.29, 1.82) is 0 Å². The summed E-state index contributed by atoms with van der Waals surface area (Å²) in [5, 5.41) is 21.1. The van der Waals surface area contributed by atoms with E-state index in [9.17, 15) is 15.0 Å². The SMILES string of the molecule is O=C(NC(CO)CO)[C@@H]1CCCN(C2CCN(CCc3ccccc3)CC2)C1. The van der Waals surface area contributed by atoms with Crippen LogP contribution in [0.25, 0.3) is 0 Å². The summed E-state index contributed by atoms with van der Waals surface area (Å²) in [7, 11) is 0. The van der Waals surface area contributed by atoms with E-state index in [2.05, 4.69) is 45.4 Å². The van der Waals surface area contributed by atoms with Crippen LogP contribution in [0.15, 0.2) is 30.3 Å². The lowest BCUT2D eigenvalue weighted by Crippen LogP contribution is -2.52. The van der Waals surface area contributed by atoms with E-state index < -0.39 is 6.04 Å². The summed E-state index contributed by atoms with van der Waals surface area (Å²) in [5.41, 5.74) is 1.40. The molecule has 3 rings (SSSR count). The molecule has 2 heterocycles. The highest BCUT2D eigenvalue weighted by Crippen LogP contribution is 2.24. The quantitative estimate of drug-likeness (QED) is 0.615. The summed E-state index contributed by atoms with van der Waals surface area (Å²) in [6, 6.07) is 10.7. The fourth-order valence-electron chi connectivity index (χ4n) is 4.46. The van der Waals surface area contributed by atoms with Crippen LogP contribution in [0, 0.1) is 5.92 Å². The predicted octanol–water partition coefficient (Wildman–Crippen LogP) is 0.875. The molecule has 156 valence electrons. The molecule has 2 fully saturated rings. The monoisotopic (exact) mass is 389 g/mol. The molecule has 1 atom stereocenters. The minimum absolute atomic E-state index is 0.0295. The van der Waals surface area contributed by atoms with Crippen LogP contribution in [0.1, 0.15) is 31.2 Å². The fraction of sp³-hybridized carbons (Fsp3) is 0.682. The predicted molar refractivity (Wildman–Crippen MR) is 110 cm³/mol. The summed E-state index contributed by atoms with van der Waals surface area (Å²) in [6.07, 6.45) is 5.36. The van der Waals surface area contributed by atoms with Crippen molar-refractivity contribution in [3.63, 3.8) is 0 Å². The normalized spacial score (nSPS) is 22.5. The first-order valence-electron chi connectivity index (χ1n) is 10.7. The van der Waals surface area contributed by atoms with Gasteiger partial charge in [0.05, 0.1) is 25.2 Å². The largest absolute Gasteiger partial charge is 0.394 e. The number of carbonyl (C=O) groups excluding carboxylic acids is 1. The van der Waals surface area contributed by atoms with Crippen LogP contribution in [0.4, 0.5) is 0 Å². The number of aliphatic hydroxyl groups excluding tert-OH is 2. The van der Waals surface area contributed by atoms with Crippen molar-refractivity contribution >= 4 is 5.91 Å². The lowest BCUT2D eigenvalue weighted by Gasteiger charge is -2.42. The molecule has 0 spiro atoms. The Balaban J connectivity index is 1.41. The topological polar surface area (TPSA) is 76.0 Å². The zero-order valence-corrected chi connectivity index (χ0v) is 16.8. The summed E-state index contributed by atoms with van der Waals surface area (Å²) >= 11 is 0. The van der Waals surface area contributed by atoms with E-state index in [0.29, 0.717) is 6.04 Å². The van der Waals surface area contributed by atoms with Gasteiger partial charge in [0.2, 0.25) is 5.91 Å². The number of piperidine rings is 2. The Hall–Kier alpha value is -1.47. The molecule has 1 aromatic carbocycles. The molecule has 0 aliphatic carbocycles. The van der Waals surface area contributed by atoms with Crippen molar-refractivity contribution in [2.24, 2.45) is 5.92 Å². The molecule has 0 radical (unpaired) electrons. The molecule has 6 heteroatoms. The number of benzene rings is 1. The van der Waals surface area contributed by atoms with Gasteiger partial charge in [-0.05, 0) is 57.3 Å². The van der Waals surface area contributed by atoms with Crippen LogP contribution in [0.2, 0.25) is 0 Å². The fourth-order valence-corrected chi connectivity index (χ4v) is 4.46. The van der Waals surface area contributed by atoms with Crippen molar-refractivity contribution in [3.8, 4) is 0 Å². The Labute approximate surface area is 168 Å². The number of hydrogen-bond donors (Lipinski definition) is 3. The minimum Gasteiger partial charge on any atom is -0.394 e. The van der Waals surface area contributed by atoms with E-state index in [0.717, 1.165) is 52.0 Å². The first-order chi connectivity index (χ1) is 13.7. The Kier molecular flexibility index (Phi) is 8.27. The van der Waals surface area contributed by atoms with Gasteiger partial charge in [-0.25, -0.2) is 0 Å². The van der Waals surface area contributed by atoms with Crippen LogP contribution < -0.4 is 5.32 Å². The van der Waals surface area contributed by atoms with Gasteiger partial charge in [0.25, 0.3) is 0 Å². The molecule has 0 aromatic heterocycles. The van der Waals surface area contributed by atoms with E-state index in [-0.39, 0.29) is 25.0 Å². The third kappa shape index (κ3) is 6.01. The highest BCUT2D eigenvalue weighted by molar-refractivity contribution is 5.79. The van der Waals surface area contributed by atoms with Crippen LogP contribution in [-0.4, -0.2) is 83.9 Å². The maximum Gasteiger partial charge on any atom is 0.224 e. The summed E-state index contributed by atoms with van der Waals surface area (Å²) in [6.45, 7) is 4.79. The number of carbonyl (C=O) groups is 1. The lowest BCUT2D eigenvalue weighted by atomic mass is 9.93. The van der Waals surface area contributed by atoms with Crippen LogP contribution in [-0.2, 0) is 11.2 Å². The summed E-state index contributed by atoms with van der Waals surface area (Å²) in [5.74, 6) is -0.0662. The summed E-state index contributed by atoms with van der Waals surface area (Å²) < 4.78 is 0. The van der Waals surface area contributed by atoms with Crippen molar-refractivity contribution in [3.05, 3.63) is 35.9 Å². The Morgan fingerprint density at radius 3 is 2.46 bits per heavy atom. The second-order valence-electron chi connectivity index (χ2n) is 8.21. The van der Waals surface area contributed by atoms with Gasteiger partial charge in [0, 0.05) is 19.1 Å².